The monoisotopic (exact) mass is 428 g/mol. The first-order valence-electron chi connectivity index (χ1n) is 9.40. The fourth-order valence-corrected chi connectivity index (χ4v) is 6.05. The number of carbonyl (C=O) groups is 1. The minimum absolute atomic E-state index is 0.00373. The molecule has 2 aliphatic rings. The van der Waals surface area contributed by atoms with Gasteiger partial charge in [-0.05, 0) is 30.9 Å². The maximum atomic E-state index is 12.7. The Bertz CT molecular complexity index is 1050. The van der Waals surface area contributed by atoms with E-state index in [4.69, 9.17) is 16.2 Å². The number of aromatic nitrogens is 3. The lowest BCUT2D eigenvalue weighted by Crippen LogP contribution is -2.47. The second-order valence-electron chi connectivity index (χ2n) is 7.24. The molecule has 5 rings (SSSR count). The Morgan fingerprint density at radius 1 is 1.10 bits per heavy atom. The number of ether oxygens (including phenoxy) is 1. The van der Waals surface area contributed by atoms with Crippen LogP contribution in [0.1, 0.15) is 33.0 Å². The molecular formula is C19H20N6O2S2. The van der Waals surface area contributed by atoms with Crippen LogP contribution in [0.3, 0.4) is 0 Å². The Morgan fingerprint density at radius 2 is 1.86 bits per heavy atom. The van der Waals surface area contributed by atoms with Crippen molar-refractivity contribution in [2.45, 2.75) is 24.9 Å². The Labute approximate surface area is 175 Å². The molecule has 29 heavy (non-hydrogen) atoms. The number of hydrogen-bond acceptors (Lipinski definition) is 9. The van der Waals surface area contributed by atoms with Crippen LogP contribution in [0.5, 0.6) is 0 Å². The van der Waals surface area contributed by atoms with Crippen molar-refractivity contribution in [3.8, 4) is 10.4 Å². The zero-order chi connectivity index (χ0) is 20.0. The molecule has 0 radical (unpaired) electrons. The second-order valence-corrected chi connectivity index (χ2v) is 9.36. The number of carbonyl (C=O) groups excluding carboxylic acids is 1. The third-order valence-electron chi connectivity index (χ3n) is 5.52. The Morgan fingerprint density at radius 3 is 2.55 bits per heavy atom. The van der Waals surface area contributed by atoms with Crippen LogP contribution < -0.4 is 11.5 Å². The lowest BCUT2D eigenvalue weighted by Gasteiger charge is -2.43. The van der Waals surface area contributed by atoms with Crippen molar-refractivity contribution >= 4 is 39.7 Å². The minimum Gasteiger partial charge on any atom is -0.375 e. The van der Waals surface area contributed by atoms with E-state index in [-0.39, 0.29) is 17.5 Å². The third-order valence-corrected chi connectivity index (χ3v) is 7.75. The number of fused-ring (bicyclic) bond motifs is 2. The van der Waals surface area contributed by atoms with Gasteiger partial charge in [-0.1, -0.05) is 11.3 Å². The molecule has 3 aromatic heterocycles. The molecule has 1 amide bonds. The number of likely N-dealkylation sites (tertiary alicyclic amines) is 1. The molecule has 1 saturated heterocycles. The first-order valence-corrected chi connectivity index (χ1v) is 11.0. The number of piperidine rings is 1. The summed E-state index contributed by atoms with van der Waals surface area (Å²) in [5, 5.41) is 0.417. The quantitative estimate of drug-likeness (QED) is 0.643. The van der Waals surface area contributed by atoms with Gasteiger partial charge in [0.05, 0.1) is 12.8 Å². The topological polar surface area (TPSA) is 120 Å². The predicted octanol–water partition coefficient (Wildman–Crippen LogP) is 2.53. The molecule has 150 valence electrons. The fourth-order valence-electron chi connectivity index (χ4n) is 4.01. The highest BCUT2D eigenvalue weighted by Crippen LogP contribution is 2.47. The first kappa shape index (κ1) is 18.5. The number of anilines is 2. The van der Waals surface area contributed by atoms with E-state index in [0.717, 1.165) is 29.7 Å². The first-order chi connectivity index (χ1) is 14.0. The van der Waals surface area contributed by atoms with Crippen molar-refractivity contribution in [1.82, 2.24) is 19.9 Å². The highest BCUT2D eigenvalue weighted by Gasteiger charge is 2.43. The molecule has 10 heteroatoms. The average molecular weight is 429 g/mol. The lowest BCUT2D eigenvalue weighted by atomic mass is 9.85. The molecular weight excluding hydrogens is 408 g/mol. The van der Waals surface area contributed by atoms with Crippen LogP contribution in [0.15, 0.2) is 24.7 Å². The maximum Gasteiger partial charge on any atom is 0.265 e. The molecule has 0 unspecified atom stereocenters. The van der Waals surface area contributed by atoms with Gasteiger partial charge in [-0.15, -0.1) is 11.3 Å². The molecule has 0 aliphatic carbocycles. The van der Waals surface area contributed by atoms with Gasteiger partial charge in [0.15, 0.2) is 5.13 Å². The average Bonchev–Trinajstić information content (AvgIpc) is 3.36. The third kappa shape index (κ3) is 3.26. The number of nitrogens with two attached hydrogens (primary N) is 2. The van der Waals surface area contributed by atoms with E-state index in [1.165, 1.54) is 21.8 Å². The van der Waals surface area contributed by atoms with E-state index in [0.29, 0.717) is 29.7 Å². The summed E-state index contributed by atoms with van der Waals surface area (Å²) >= 11 is 2.97. The van der Waals surface area contributed by atoms with Crippen LogP contribution >= 0.6 is 22.7 Å². The standard InChI is InChI=1S/C19H20N6O2S2/c20-17-22-8-12(9-23-17)13-7-11-1-6-27-19(15(11)28-13)2-4-25(5-3-19)16(26)14-10-24-18(21)29-14/h7-10H,1-6H2,(H2,21,24)(H2,20,22,23). The number of nitrogens with zero attached hydrogens (tertiary/aromatic N) is 4. The van der Waals surface area contributed by atoms with Gasteiger partial charge in [0.25, 0.3) is 5.91 Å². The van der Waals surface area contributed by atoms with Crippen LogP contribution in [0.25, 0.3) is 10.4 Å². The normalized spacial score (nSPS) is 18.0. The van der Waals surface area contributed by atoms with Crippen molar-refractivity contribution in [3.63, 3.8) is 0 Å². The minimum atomic E-state index is -0.325. The van der Waals surface area contributed by atoms with E-state index in [1.54, 1.807) is 29.9 Å². The van der Waals surface area contributed by atoms with Gasteiger partial charge in [0, 0.05) is 40.8 Å². The molecule has 0 saturated carbocycles. The van der Waals surface area contributed by atoms with Crippen LogP contribution in [0.4, 0.5) is 11.1 Å². The lowest BCUT2D eigenvalue weighted by molar-refractivity contribution is -0.0905. The van der Waals surface area contributed by atoms with Gasteiger partial charge in [-0.3, -0.25) is 4.79 Å². The summed E-state index contributed by atoms with van der Waals surface area (Å²) in [4.78, 5) is 29.8. The molecule has 8 nitrogen and oxygen atoms in total. The summed E-state index contributed by atoms with van der Waals surface area (Å²) in [6.07, 6.45) is 7.52. The molecule has 4 N–H and O–H groups in total. The summed E-state index contributed by atoms with van der Waals surface area (Å²) in [6.45, 7) is 1.99. The molecule has 1 fully saturated rings. The summed E-state index contributed by atoms with van der Waals surface area (Å²) < 4.78 is 6.33. The summed E-state index contributed by atoms with van der Waals surface area (Å²) in [7, 11) is 0. The van der Waals surface area contributed by atoms with Crippen LogP contribution in [-0.2, 0) is 16.8 Å². The molecule has 1 spiro atoms. The molecule has 5 heterocycles. The number of thiazole rings is 1. The van der Waals surface area contributed by atoms with Gasteiger partial charge >= 0.3 is 0 Å². The Hall–Kier alpha value is -2.56. The maximum absolute atomic E-state index is 12.7. The number of thiophene rings is 1. The fraction of sp³-hybridized carbons (Fsp3) is 0.368. The van der Waals surface area contributed by atoms with Crippen molar-refractivity contribution in [2.75, 3.05) is 31.2 Å². The van der Waals surface area contributed by atoms with E-state index >= 15 is 0 Å². The smallest absolute Gasteiger partial charge is 0.265 e. The van der Waals surface area contributed by atoms with Crippen molar-refractivity contribution < 1.29 is 9.53 Å². The zero-order valence-corrected chi connectivity index (χ0v) is 17.3. The zero-order valence-electron chi connectivity index (χ0n) is 15.6. The number of amides is 1. The highest BCUT2D eigenvalue weighted by molar-refractivity contribution is 7.17. The molecule has 0 atom stereocenters. The van der Waals surface area contributed by atoms with Gasteiger partial charge in [-0.2, -0.15) is 0 Å². The van der Waals surface area contributed by atoms with Crippen LogP contribution in [0.2, 0.25) is 0 Å². The van der Waals surface area contributed by atoms with Crippen molar-refractivity contribution in [3.05, 3.63) is 40.0 Å². The van der Waals surface area contributed by atoms with Crippen molar-refractivity contribution in [1.29, 1.82) is 0 Å². The van der Waals surface area contributed by atoms with Crippen LogP contribution in [-0.4, -0.2) is 45.5 Å². The highest BCUT2D eigenvalue weighted by atomic mass is 32.1. The van der Waals surface area contributed by atoms with Crippen molar-refractivity contribution in [2.24, 2.45) is 0 Å². The van der Waals surface area contributed by atoms with Gasteiger partial charge in [0.2, 0.25) is 5.95 Å². The summed E-state index contributed by atoms with van der Waals surface area (Å²) in [5.41, 5.74) is 13.2. The van der Waals surface area contributed by atoms with Gasteiger partial charge < -0.3 is 21.1 Å². The summed E-state index contributed by atoms with van der Waals surface area (Å²) in [5.74, 6) is 0.269. The van der Waals surface area contributed by atoms with Gasteiger partial charge in [-0.25, -0.2) is 15.0 Å². The SMILES string of the molecule is Nc1ncc(-c2cc3c(s2)C2(CCN(C(=O)c4cnc(N)s4)CC2)OCC3)cn1. The Balaban J connectivity index is 1.38. The number of nitrogen functional groups attached to an aromatic ring is 2. The van der Waals surface area contributed by atoms with Crippen LogP contribution in [0, 0.1) is 0 Å². The molecule has 3 aromatic rings. The van der Waals surface area contributed by atoms with E-state index in [2.05, 4.69) is 21.0 Å². The molecule has 2 aliphatic heterocycles. The number of rotatable bonds is 2. The van der Waals surface area contributed by atoms with E-state index in [9.17, 15) is 4.79 Å². The Kier molecular flexibility index (Phi) is 4.49. The molecule has 0 aromatic carbocycles. The van der Waals surface area contributed by atoms with E-state index in [1.807, 2.05) is 4.90 Å². The van der Waals surface area contributed by atoms with Gasteiger partial charge in [0.1, 0.15) is 10.5 Å². The van der Waals surface area contributed by atoms with E-state index < -0.39 is 0 Å². The predicted molar refractivity (Wildman–Crippen MR) is 113 cm³/mol. The second kappa shape index (κ2) is 7.05. The number of hydrogen-bond donors (Lipinski definition) is 2. The largest absolute Gasteiger partial charge is 0.375 e. The summed E-state index contributed by atoms with van der Waals surface area (Å²) in [6, 6.07) is 2.22. The molecule has 0 bridgehead atoms.